The zero-order chi connectivity index (χ0) is 17.2. The highest BCUT2D eigenvalue weighted by Crippen LogP contribution is 2.43. The number of fused-ring (bicyclic) bond motifs is 1. The molecule has 1 aromatic carbocycles. The van der Waals surface area contributed by atoms with Gasteiger partial charge in [-0.1, -0.05) is 6.07 Å². The number of H-pyrrole nitrogens is 1. The van der Waals surface area contributed by atoms with Gasteiger partial charge in [0.25, 0.3) is 0 Å². The van der Waals surface area contributed by atoms with E-state index in [0.29, 0.717) is 11.6 Å². The van der Waals surface area contributed by atoms with Gasteiger partial charge in [0, 0.05) is 5.56 Å². The summed E-state index contributed by atoms with van der Waals surface area (Å²) in [5.74, 6) is 2.57. The van der Waals surface area contributed by atoms with Gasteiger partial charge >= 0.3 is 0 Å². The van der Waals surface area contributed by atoms with E-state index in [1.165, 1.54) is 12.8 Å². The van der Waals surface area contributed by atoms with Crippen molar-refractivity contribution in [1.29, 1.82) is 0 Å². The van der Waals surface area contributed by atoms with Crippen LogP contribution in [-0.4, -0.2) is 35.1 Å². The number of aromatic amines is 1. The summed E-state index contributed by atoms with van der Waals surface area (Å²) in [6.45, 7) is 0. The van der Waals surface area contributed by atoms with E-state index in [1.54, 1.807) is 25.1 Å². The van der Waals surface area contributed by atoms with E-state index in [4.69, 9.17) is 9.47 Å². The molecule has 1 aliphatic carbocycles. The lowest BCUT2D eigenvalue weighted by atomic mass is 10.1. The quantitative estimate of drug-likeness (QED) is 0.873. The fraction of sp³-hybridized carbons (Fsp3) is 0.444. The predicted molar refractivity (Wildman–Crippen MR) is 97.4 cm³/mol. The van der Waals surface area contributed by atoms with Crippen molar-refractivity contribution in [2.24, 2.45) is 0 Å². The summed E-state index contributed by atoms with van der Waals surface area (Å²) < 4.78 is 11.7. The third kappa shape index (κ3) is 3.33. The van der Waals surface area contributed by atoms with E-state index < -0.39 is 0 Å². The monoisotopic (exact) mass is 359 g/mol. The number of amides is 1. The molecule has 2 heterocycles. The van der Waals surface area contributed by atoms with Gasteiger partial charge in [-0.25, -0.2) is 0 Å². The first-order valence-corrected chi connectivity index (χ1v) is 9.59. The topological polar surface area (TPSA) is 76.2 Å². The van der Waals surface area contributed by atoms with Crippen molar-refractivity contribution >= 4 is 23.5 Å². The molecule has 1 unspecified atom stereocenters. The maximum atomic E-state index is 11.9. The summed E-state index contributed by atoms with van der Waals surface area (Å²) in [4.78, 5) is 11.9. The highest BCUT2D eigenvalue weighted by molar-refractivity contribution is 8.00. The SMILES string of the molecule is COc1cc(C2SCC(=O)Nc3[nH]ncc32)ccc1OC1CCCC1. The highest BCUT2D eigenvalue weighted by Gasteiger charge is 2.27. The van der Waals surface area contributed by atoms with Gasteiger partial charge in [0.15, 0.2) is 11.5 Å². The van der Waals surface area contributed by atoms with Gasteiger partial charge in [0.2, 0.25) is 5.91 Å². The lowest BCUT2D eigenvalue weighted by molar-refractivity contribution is -0.113. The van der Waals surface area contributed by atoms with Gasteiger partial charge in [-0.05, 0) is 43.4 Å². The summed E-state index contributed by atoms with van der Waals surface area (Å²) >= 11 is 1.58. The fourth-order valence-corrected chi connectivity index (χ4v) is 4.51. The van der Waals surface area contributed by atoms with Crippen molar-refractivity contribution in [3.63, 3.8) is 0 Å². The number of nitrogens with zero attached hydrogens (tertiary/aromatic N) is 1. The smallest absolute Gasteiger partial charge is 0.235 e. The molecule has 7 heteroatoms. The molecule has 1 atom stereocenters. The molecule has 4 rings (SSSR count). The molecule has 132 valence electrons. The van der Waals surface area contributed by atoms with Crippen LogP contribution in [0.3, 0.4) is 0 Å². The highest BCUT2D eigenvalue weighted by atomic mass is 32.2. The Morgan fingerprint density at radius 2 is 2.08 bits per heavy atom. The summed E-state index contributed by atoms with van der Waals surface area (Å²) in [6, 6.07) is 6.04. The van der Waals surface area contributed by atoms with Crippen molar-refractivity contribution in [3.05, 3.63) is 35.5 Å². The third-order valence-electron chi connectivity index (χ3n) is 4.68. The Morgan fingerprint density at radius 3 is 2.88 bits per heavy atom. The summed E-state index contributed by atoms with van der Waals surface area (Å²) in [7, 11) is 1.66. The number of benzene rings is 1. The number of carbonyl (C=O) groups is 1. The first-order chi connectivity index (χ1) is 12.2. The standard InChI is InChI=1S/C18H21N3O3S/c1-23-15-8-11(6-7-14(15)24-12-4-2-3-5-12)17-13-9-19-21-18(13)20-16(22)10-25-17/h6-9,12,17H,2-5,10H2,1H3,(H2,19,20,21,22). The molecule has 2 N–H and O–H groups in total. The number of thioether (sulfide) groups is 1. The Bertz CT molecular complexity index is 771. The van der Waals surface area contributed by atoms with Crippen LogP contribution in [0.2, 0.25) is 0 Å². The number of nitrogens with one attached hydrogen (secondary N) is 2. The number of rotatable bonds is 4. The van der Waals surface area contributed by atoms with Crippen molar-refractivity contribution in [3.8, 4) is 11.5 Å². The fourth-order valence-electron chi connectivity index (χ4n) is 3.42. The second-order valence-electron chi connectivity index (χ2n) is 6.37. The third-order valence-corrected chi connectivity index (χ3v) is 5.97. The minimum atomic E-state index is -0.0221. The van der Waals surface area contributed by atoms with Crippen LogP contribution < -0.4 is 14.8 Å². The van der Waals surface area contributed by atoms with Crippen molar-refractivity contribution < 1.29 is 14.3 Å². The molecule has 2 aromatic rings. The number of methoxy groups -OCH3 is 1. The van der Waals surface area contributed by atoms with Gasteiger partial charge < -0.3 is 14.8 Å². The number of carbonyl (C=O) groups excluding carboxylic acids is 1. The Balaban J connectivity index is 1.63. The Morgan fingerprint density at radius 1 is 1.24 bits per heavy atom. The molecular formula is C18H21N3O3S. The molecule has 1 fully saturated rings. The number of anilines is 1. The summed E-state index contributed by atoms with van der Waals surface area (Å²) in [5, 5.41) is 9.81. The summed E-state index contributed by atoms with van der Waals surface area (Å²) in [5.41, 5.74) is 2.04. The number of aromatic nitrogens is 2. The Hall–Kier alpha value is -2.15. The second kappa shape index (κ2) is 7.00. The largest absolute Gasteiger partial charge is 0.493 e. The van der Waals surface area contributed by atoms with E-state index in [2.05, 4.69) is 21.6 Å². The summed E-state index contributed by atoms with van der Waals surface area (Å²) in [6.07, 6.45) is 6.73. The van der Waals surface area contributed by atoms with E-state index in [0.717, 1.165) is 35.5 Å². The normalized spacial score (nSPS) is 20.7. The average Bonchev–Trinajstić information content (AvgIpc) is 3.26. The van der Waals surface area contributed by atoms with Crippen LogP contribution in [0.15, 0.2) is 24.4 Å². The average molecular weight is 359 g/mol. The maximum Gasteiger partial charge on any atom is 0.235 e. The second-order valence-corrected chi connectivity index (χ2v) is 7.47. The molecule has 25 heavy (non-hydrogen) atoms. The van der Waals surface area contributed by atoms with Crippen molar-refractivity contribution in [1.82, 2.24) is 10.2 Å². The number of hydrogen-bond acceptors (Lipinski definition) is 5. The first-order valence-electron chi connectivity index (χ1n) is 8.54. The van der Waals surface area contributed by atoms with Crippen LogP contribution in [0.25, 0.3) is 0 Å². The molecule has 0 bridgehead atoms. The van der Waals surface area contributed by atoms with Crippen LogP contribution >= 0.6 is 11.8 Å². The van der Waals surface area contributed by atoms with Gasteiger partial charge in [-0.2, -0.15) is 5.10 Å². The molecule has 0 radical (unpaired) electrons. The molecule has 1 aliphatic heterocycles. The van der Waals surface area contributed by atoms with E-state index in [-0.39, 0.29) is 17.3 Å². The molecule has 0 saturated heterocycles. The van der Waals surface area contributed by atoms with Gasteiger partial charge in [0.05, 0.1) is 30.4 Å². The molecule has 1 amide bonds. The maximum absolute atomic E-state index is 11.9. The first kappa shape index (κ1) is 16.3. The van der Waals surface area contributed by atoms with Gasteiger partial charge in [-0.15, -0.1) is 11.8 Å². The predicted octanol–water partition coefficient (Wildman–Crippen LogP) is 3.51. The lowest BCUT2D eigenvalue weighted by Gasteiger charge is -2.19. The Labute approximate surface area is 150 Å². The van der Waals surface area contributed by atoms with Gasteiger partial charge in [-0.3, -0.25) is 9.89 Å². The molecule has 0 spiro atoms. The molecule has 2 aliphatic rings. The van der Waals surface area contributed by atoms with Crippen molar-refractivity contribution in [2.75, 3.05) is 18.2 Å². The molecule has 1 aromatic heterocycles. The van der Waals surface area contributed by atoms with Crippen LogP contribution in [0.4, 0.5) is 5.82 Å². The van der Waals surface area contributed by atoms with E-state index in [9.17, 15) is 4.79 Å². The lowest BCUT2D eigenvalue weighted by Crippen LogP contribution is -2.12. The number of hydrogen-bond donors (Lipinski definition) is 2. The van der Waals surface area contributed by atoms with E-state index >= 15 is 0 Å². The minimum absolute atomic E-state index is 0.0159. The van der Waals surface area contributed by atoms with E-state index in [1.807, 2.05) is 12.1 Å². The zero-order valence-electron chi connectivity index (χ0n) is 14.1. The van der Waals surface area contributed by atoms with Crippen LogP contribution in [0.5, 0.6) is 11.5 Å². The van der Waals surface area contributed by atoms with Gasteiger partial charge in [0.1, 0.15) is 5.82 Å². The van der Waals surface area contributed by atoms with Crippen LogP contribution in [0, 0.1) is 0 Å². The van der Waals surface area contributed by atoms with Crippen molar-refractivity contribution in [2.45, 2.75) is 37.0 Å². The zero-order valence-corrected chi connectivity index (χ0v) is 14.9. The molecule has 6 nitrogen and oxygen atoms in total. The van der Waals surface area contributed by atoms with Crippen LogP contribution in [-0.2, 0) is 4.79 Å². The molecule has 1 saturated carbocycles. The molecular weight excluding hydrogens is 338 g/mol. The minimum Gasteiger partial charge on any atom is -0.493 e. The van der Waals surface area contributed by atoms with Crippen LogP contribution in [0.1, 0.15) is 42.1 Å². The Kier molecular flexibility index (Phi) is 4.57. The number of ether oxygens (including phenoxy) is 2.